The van der Waals surface area contributed by atoms with Gasteiger partial charge in [0.1, 0.15) is 11.8 Å². The van der Waals surface area contributed by atoms with Crippen LogP contribution in [0.4, 0.5) is 5.69 Å². The van der Waals surface area contributed by atoms with Gasteiger partial charge in [0.15, 0.2) is 0 Å². The molecule has 1 aliphatic rings. The topological polar surface area (TPSA) is 79.0 Å². The van der Waals surface area contributed by atoms with Crippen molar-refractivity contribution in [2.24, 2.45) is 5.73 Å². The first kappa shape index (κ1) is 14.6. The van der Waals surface area contributed by atoms with Crippen molar-refractivity contribution in [3.63, 3.8) is 0 Å². The van der Waals surface area contributed by atoms with Crippen molar-refractivity contribution >= 4 is 11.7 Å². The molecule has 0 aliphatic carbocycles. The summed E-state index contributed by atoms with van der Waals surface area (Å²) in [4.78, 5) is 15.1. The van der Waals surface area contributed by atoms with Crippen molar-refractivity contribution < 1.29 is 14.6 Å². The van der Waals surface area contributed by atoms with Gasteiger partial charge in [-0.15, -0.1) is 0 Å². The Morgan fingerprint density at radius 2 is 1.90 bits per heavy atom. The molecule has 1 aromatic carbocycles. The van der Waals surface area contributed by atoms with Crippen molar-refractivity contribution in [3.8, 4) is 5.75 Å². The molecule has 0 saturated carbocycles. The quantitative estimate of drug-likeness (QED) is 0.803. The van der Waals surface area contributed by atoms with Gasteiger partial charge >= 0.3 is 5.97 Å². The standard InChI is InChI=1S/C14H21N3O3/c1-20-12-4-2-11(3-5-12)17-8-6-16(7-9-17)10-13(15)14(18)19/h2-5,13H,6-10,15H2,1H3,(H,18,19). The molecule has 0 aromatic heterocycles. The fourth-order valence-corrected chi connectivity index (χ4v) is 2.34. The summed E-state index contributed by atoms with van der Waals surface area (Å²) in [5.41, 5.74) is 6.72. The van der Waals surface area contributed by atoms with E-state index in [4.69, 9.17) is 15.6 Å². The summed E-state index contributed by atoms with van der Waals surface area (Å²) in [6, 6.07) is 7.17. The van der Waals surface area contributed by atoms with Crippen LogP contribution in [0.15, 0.2) is 24.3 Å². The molecule has 1 aromatic rings. The van der Waals surface area contributed by atoms with Crippen LogP contribution in [0.2, 0.25) is 0 Å². The molecule has 20 heavy (non-hydrogen) atoms. The van der Waals surface area contributed by atoms with Gasteiger partial charge in [0.05, 0.1) is 7.11 Å². The summed E-state index contributed by atoms with van der Waals surface area (Å²) in [7, 11) is 1.65. The molecule has 6 heteroatoms. The fraction of sp³-hybridized carbons (Fsp3) is 0.500. The maximum absolute atomic E-state index is 10.7. The molecule has 1 unspecified atom stereocenters. The maximum Gasteiger partial charge on any atom is 0.321 e. The number of anilines is 1. The lowest BCUT2D eigenvalue weighted by atomic mass is 10.2. The monoisotopic (exact) mass is 279 g/mol. The zero-order chi connectivity index (χ0) is 14.5. The summed E-state index contributed by atoms with van der Waals surface area (Å²) < 4.78 is 5.14. The summed E-state index contributed by atoms with van der Waals surface area (Å²) in [6.07, 6.45) is 0. The van der Waals surface area contributed by atoms with Crippen LogP contribution < -0.4 is 15.4 Å². The number of piperazine rings is 1. The number of nitrogens with zero attached hydrogens (tertiary/aromatic N) is 2. The number of carboxylic acid groups (broad SMARTS) is 1. The summed E-state index contributed by atoms with van der Waals surface area (Å²) in [5.74, 6) is -0.0950. The normalized spacial score (nSPS) is 17.8. The third kappa shape index (κ3) is 3.61. The zero-order valence-electron chi connectivity index (χ0n) is 11.7. The number of methoxy groups -OCH3 is 1. The second-order valence-corrected chi connectivity index (χ2v) is 4.93. The number of carboxylic acids is 1. The number of aliphatic carboxylic acids is 1. The van der Waals surface area contributed by atoms with Crippen molar-refractivity contribution in [2.75, 3.05) is 44.7 Å². The number of hydrogen-bond donors (Lipinski definition) is 2. The molecule has 0 bridgehead atoms. The number of carbonyl (C=O) groups is 1. The van der Waals surface area contributed by atoms with Gasteiger partial charge in [-0.25, -0.2) is 0 Å². The molecule has 0 amide bonds. The largest absolute Gasteiger partial charge is 0.497 e. The highest BCUT2D eigenvalue weighted by molar-refractivity contribution is 5.73. The Morgan fingerprint density at radius 1 is 1.30 bits per heavy atom. The highest BCUT2D eigenvalue weighted by atomic mass is 16.5. The number of nitrogens with two attached hydrogens (primary N) is 1. The summed E-state index contributed by atoms with van der Waals surface area (Å²) in [5, 5.41) is 8.82. The van der Waals surface area contributed by atoms with E-state index in [9.17, 15) is 4.79 Å². The van der Waals surface area contributed by atoms with Crippen molar-refractivity contribution in [3.05, 3.63) is 24.3 Å². The van der Waals surface area contributed by atoms with Crippen LogP contribution >= 0.6 is 0 Å². The average molecular weight is 279 g/mol. The van der Waals surface area contributed by atoms with Crippen molar-refractivity contribution in [1.29, 1.82) is 0 Å². The maximum atomic E-state index is 10.7. The van der Waals surface area contributed by atoms with Crippen LogP contribution in [0.5, 0.6) is 5.75 Å². The van der Waals surface area contributed by atoms with E-state index in [2.05, 4.69) is 9.80 Å². The van der Waals surface area contributed by atoms with Crippen molar-refractivity contribution in [1.82, 2.24) is 4.90 Å². The van der Waals surface area contributed by atoms with Crippen LogP contribution in [-0.2, 0) is 4.79 Å². The molecule has 2 rings (SSSR count). The Kier molecular flexibility index (Phi) is 4.81. The van der Waals surface area contributed by atoms with Crippen LogP contribution in [0.1, 0.15) is 0 Å². The van der Waals surface area contributed by atoms with E-state index >= 15 is 0 Å². The second-order valence-electron chi connectivity index (χ2n) is 4.93. The molecule has 1 fully saturated rings. The number of benzene rings is 1. The van der Waals surface area contributed by atoms with E-state index in [0.29, 0.717) is 6.54 Å². The first-order valence-electron chi connectivity index (χ1n) is 6.70. The number of rotatable bonds is 5. The van der Waals surface area contributed by atoms with Gasteiger partial charge in [0.2, 0.25) is 0 Å². The Labute approximate surface area is 118 Å². The second kappa shape index (κ2) is 6.58. The molecular formula is C14H21N3O3. The minimum absolute atomic E-state index is 0.409. The molecule has 110 valence electrons. The highest BCUT2D eigenvalue weighted by Gasteiger charge is 2.21. The molecule has 6 nitrogen and oxygen atoms in total. The SMILES string of the molecule is COc1ccc(N2CCN(CC(N)C(=O)O)CC2)cc1. The number of hydrogen-bond acceptors (Lipinski definition) is 5. The average Bonchev–Trinajstić information content (AvgIpc) is 2.48. The third-order valence-corrected chi connectivity index (χ3v) is 3.58. The van der Waals surface area contributed by atoms with E-state index in [1.807, 2.05) is 24.3 Å². The smallest absolute Gasteiger partial charge is 0.321 e. The van der Waals surface area contributed by atoms with Gasteiger partial charge in [-0.2, -0.15) is 0 Å². The van der Waals surface area contributed by atoms with E-state index in [0.717, 1.165) is 37.6 Å². The van der Waals surface area contributed by atoms with Gasteiger partial charge in [-0.3, -0.25) is 9.69 Å². The molecule has 1 aliphatic heterocycles. The van der Waals surface area contributed by atoms with Crippen LogP contribution in [0, 0.1) is 0 Å². The van der Waals surface area contributed by atoms with Crippen LogP contribution in [0.25, 0.3) is 0 Å². The predicted octanol–water partition coefficient (Wildman–Crippen LogP) is 0.229. The molecular weight excluding hydrogens is 258 g/mol. The summed E-state index contributed by atoms with van der Waals surface area (Å²) >= 11 is 0. The van der Waals surface area contributed by atoms with Gasteiger partial charge in [-0.05, 0) is 24.3 Å². The Balaban J connectivity index is 1.85. The lowest BCUT2D eigenvalue weighted by molar-refractivity contribution is -0.139. The Bertz CT molecular complexity index is 441. The molecule has 0 spiro atoms. The Hall–Kier alpha value is -1.79. The first-order valence-corrected chi connectivity index (χ1v) is 6.70. The van der Waals surface area contributed by atoms with Crippen molar-refractivity contribution in [2.45, 2.75) is 6.04 Å². The predicted molar refractivity (Wildman–Crippen MR) is 77.3 cm³/mol. The van der Waals surface area contributed by atoms with E-state index < -0.39 is 12.0 Å². The molecule has 1 atom stereocenters. The van der Waals surface area contributed by atoms with Gasteiger partial charge in [0, 0.05) is 38.4 Å². The summed E-state index contributed by atoms with van der Waals surface area (Å²) in [6.45, 7) is 3.81. The lowest BCUT2D eigenvalue weighted by Crippen LogP contribution is -2.51. The molecule has 3 N–H and O–H groups in total. The molecule has 0 radical (unpaired) electrons. The van der Waals surface area contributed by atoms with E-state index in [1.54, 1.807) is 7.11 Å². The van der Waals surface area contributed by atoms with Crippen LogP contribution in [0.3, 0.4) is 0 Å². The molecule has 1 saturated heterocycles. The minimum Gasteiger partial charge on any atom is -0.497 e. The van der Waals surface area contributed by atoms with Gasteiger partial charge in [0.25, 0.3) is 0 Å². The lowest BCUT2D eigenvalue weighted by Gasteiger charge is -2.36. The van der Waals surface area contributed by atoms with Crippen LogP contribution in [-0.4, -0.2) is 61.9 Å². The number of ether oxygens (including phenoxy) is 1. The first-order chi connectivity index (χ1) is 9.60. The third-order valence-electron chi connectivity index (χ3n) is 3.58. The van der Waals surface area contributed by atoms with E-state index in [-0.39, 0.29) is 0 Å². The van der Waals surface area contributed by atoms with Gasteiger partial charge < -0.3 is 20.5 Å². The molecule has 1 heterocycles. The Morgan fingerprint density at radius 3 is 2.40 bits per heavy atom. The van der Waals surface area contributed by atoms with E-state index in [1.165, 1.54) is 0 Å². The minimum atomic E-state index is -0.942. The fourth-order valence-electron chi connectivity index (χ4n) is 2.34. The van der Waals surface area contributed by atoms with Gasteiger partial charge in [-0.1, -0.05) is 0 Å². The highest BCUT2D eigenvalue weighted by Crippen LogP contribution is 2.20. The zero-order valence-corrected chi connectivity index (χ0v) is 11.7.